The molecule has 0 bridgehead atoms. The number of esters is 1. The summed E-state index contributed by atoms with van der Waals surface area (Å²) in [6.07, 6.45) is 2.73. The lowest BCUT2D eigenvalue weighted by molar-refractivity contribution is -0.138. The van der Waals surface area contributed by atoms with E-state index in [0.717, 1.165) is 18.5 Å². The Kier molecular flexibility index (Phi) is 6.02. The minimum atomic E-state index is -0.865. The van der Waals surface area contributed by atoms with E-state index in [4.69, 9.17) is 9.47 Å². The van der Waals surface area contributed by atoms with Crippen molar-refractivity contribution in [3.05, 3.63) is 66.4 Å². The minimum Gasteiger partial charge on any atom is -0.496 e. The van der Waals surface area contributed by atoms with Gasteiger partial charge in [0.1, 0.15) is 17.0 Å². The molecule has 1 aromatic heterocycles. The highest BCUT2D eigenvalue weighted by Gasteiger charge is 2.29. The number of hydrogen-bond donors (Lipinski definition) is 0. The van der Waals surface area contributed by atoms with Crippen LogP contribution in [-0.2, 0) is 9.53 Å². The Bertz CT molecular complexity index is 1070. The molecule has 1 aliphatic heterocycles. The SMILES string of the molecule is COc1ccccc1-c1nn(-c2ccccc2)cc1C(=O)OC(C)C(=O)N1CCCC1. The highest BCUT2D eigenvalue weighted by atomic mass is 16.5. The fourth-order valence-electron chi connectivity index (χ4n) is 3.74. The number of para-hydroxylation sites is 2. The zero-order valence-corrected chi connectivity index (χ0v) is 17.7. The Hall–Kier alpha value is -3.61. The molecule has 1 amide bonds. The molecule has 1 aliphatic rings. The first-order valence-corrected chi connectivity index (χ1v) is 10.4. The molecule has 1 saturated heterocycles. The third-order valence-corrected chi connectivity index (χ3v) is 5.37. The van der Waals surface area contributed by atoms with E-state index >= 15 is 0 Å². The lowest BCUT2D eigenvalue weighted by atomic mass is 10.1. The van der Waals surface area contributed by atoms with Crippen LogP contribution in [0.5, 0.6) is 5.75 Å². The van der Waals surface area contributed by atoms with Crippen molar-refractivity contribution < 1.29 is 19.1 Å². The zero-order valence-electron chi connectivity index (χ0n) is 17.7. The van der Waals surface area contributed by atoms with E-state index in [9.17, 15) is 9.59 Å². The van der Waals surface area contributed by atoms with E-state index in [1.165, 1.54) is 0 Å². The van der Waals surface area contributed by atoms with Crippen LogP contribution in [0.2, 0.25) is 0 Å². The van der Waals surface area contributed by atoms with Crippen LogP contribution in [0.1, 0.15) is 30.1 Å². The van der Waals surface area contributed by atoms with Gasteiger partial charge in [-0.25, -0.2) is 9.48 Å². The molecule has 1 atom stereocenters. The van der Waals surface area contributed by atoms with Gasteiger partial charge in [0.25, 0.3) is 5.91 Å². The number of nitrogens with zero attached hydrogens (tertiary/aromatic N) is 3. The monoisotopic (exact) mass is 419 g/mol. The van der Waals surface area contributed by atoms with Crippen LogP contribution < -0.4 is 4.74 Å². The van der Waals surface area contributed by atoms with Gasteiger partial charge in [-0.2, -0.15) is 5.10 Å². The topological polar surface area (TPSA) is 73.7 Å². The summed E-state index contributed by atoms with van der Waals surface area (Å²) in [4.78, 5) is 27.5. The number of rotatable bonds is 6. The van der Waals surface area contributed by atoms with Crippen molar-refractivity contribution in [2.24, 2.45) is 0 Å². The normalized spacial score (nSPS) is 14.3. The summed E-state index contributed by atoms with van der Waals surface area (Å²) in [5, 5.41) is 4.65. The van der Waals surface area contributed by atoms with Crippen LogP contribution in [0.3, 0.4) is 0 Å². The average Bonchev–Trinajstić information content (AvgIpc) is 3.49. The molecule has 160 valence electrons. The molecule has 1 fully saturated rings. The molecular formula is C24H25N3O4. The summed E-state index contributed by atoms with van der Waals surface area (Å²) in [5.41, 5.74) is 2.19. The fraction of sp³-hybridized carbons (Fsp3) is 0.292. The first kappa shape index (κ1) is 20.7. The van der Waals surface area contributed by atoms with Crippen LogP contribution in [0.15, 0.2) is 60.8 Å². The quantitative estimate of drug-likeness (QED) is 0.570. The van der Waals surface area contributed by atoms with Crippen molar-refractivity contribution in [3.63, 3.8) is 0 Å². The summed E-state index contributed by atoms with van der Waals surface area (Å²) in [7, 11) is 1.57. The first-order valence-electron chi connectivity index (χ1n) is 10.4. The summed E-state index contributed by atoms with van der Waals surface area (Å²) in [5.74, 6) is -0.167. The minimum absolute atomic E-state index is 0.167. The highest BCUT2D eigenvalue weighted by Crippen LogP contribution is 2.32. The number of methoxy groups -OCH3 is 1. The Morgan fingerprint density at radius 1 is 1.00 bits per heavy atom. The number of amides is 1. The maximum Gasteiger partial charge on any atom is 0.342 e. The molecule has 2 heterocycles. The number of carbonyl (C=O) groups is 2. The van der Waals surface area contributed by atoms with Gasteiger partial charge in [-0.1, -0.05) is 30.3 Å². The summed E-state index contributed by atoms with van der Waals surface area (Å²) >= 11 is 0. The Morgan fingerprint density at radius 2 is 1.68 bits per heavy atom. The maximum absolute atomic E-state index is 13.1. The molecule has 0 saturated carbocycles. The van der Waals surface area contributed by atoms with E-state index in [1.807, 2.05) is 54.6 Å². The second-order valence-corrected chi connectivity index (χ2v) is 7.45. The van der Waals surface area contributed by atoms with Crippen molar-refractivity contribution in [3.8, 4) is 22.7 Å². The predicted molar refractivity (Wildman–Crippen MR) is 116 cm³/mol. The standard InChI is InChI=1S/C24H25N3O4/c1-17(23(28)26-14-8-9-15-26)31-24(29)20-16-27(18-10-4-3-5-11-18)25-22(20)19-12-6-7-13-21(19)30-2/h3-7,10-13,16-17H,8-9,14-15H2,1-2H3. The number of benzene rings is 2. The molecule has 3 aromatic rings. The van der Waals surface area contributed by atoms with Gasteiger partial charge in [0.15, 0.2) is 6.10 Å². The highest BCUT2D eigenvalue weighted by molar-refractivity contribution is 5.98. The van der Waals surface area contributed by atoms with Gasteiger partial charge >= 0.3 is 5.97 Å². The van der Waals surface area contributed by atoms with Gasteiger partial charge in [-0.15, -0.1) is 0 Å². The number of hydrogen-bond acceptors (Lipinski definition) is 5. The third kappa shape index (κ3) is 4.30. The summed E-state index contributed by atoms with van der Waals surface area (Å²) in [6, 6.07) is 16.9. The number of aromatic nitrogens is 2. The van der Waals surface area contributed by atoms with E-state index in [-0.39, 0.29) is 11.5 Å². The largest absolute Gasteiger partial charge is 0.496 e. The van der Waals surface area contributed by atoms with Crippen LogP contribution in [0.4, 0.5) is 0 Å². The van der Waals surface area contributed by atoms with Crippen molar-refractivity contribution in [1.82, 2.24) is 14.7 Å². The fourth-order valence-corrected chi connectivity index (χ4v) is 3.74. The van der Waals surface area contributed by atoms with Crippen molar-refractivity contribution in [2.45, 2.75) is 25.9 Å². The molecular weight excluding hydrogens is 394 g/mol. The molecule has 4 rings (SSSR count). The molecule has 2 aromatic carbocycles. The molecule has 0 spiro atoms. The van der Waals surface area contributed by atoms with Crippen LogP contribution in [-0.4, -0.2) is 52.9 Å². The molecule has 0 radical (unpaired) electrons. The van der Waals surface area contributed by atoms with Crippen LogP contribution in [0.25, 0.3) is 16.9 Å². The predicted octanol–water partition coefficient (Wildman–Crippen LogP) is 3.72. The van der Waals surface area contributed by atoms with Gasteiger partial charge in [0.2, 0.25) is 0 Å². The van der Waals surface area contributed by atoms with Gasteiger partial charge in [-0.3, -0.25) is 4.79 Å². The zero-order chi connectivity index (χ0) is 21.8. The second-order valence-electron chi connectivity index (χ2n) is 7.45. The number of likely N-dealkylation sites (tertiary alicyclic amines) is 1. The molecule has 0 N–H and O–H groups in total. The van der Waals surface area contributed by atoms with Crippen molar-refractivity contribution >= 4 is 11.9 Å². The molecule has 1 unspecified atom stereocenters. The van der Waals surface area contributed by atoms with Crippen LogP contribution >= 0.6 is 0 Å². The summed E-state index contributed by atoms with van der Waals surface area (Å²) in [6.45, 7) is 3.03. The number of ether oxygens (including phenoxy) is 2. The van der Waals surface area contributed by atoms with Gasteiger partial charge in [0.05, 0.1) is 12.8 Å². The average molecular weight is 419 g/mol. The smallest absolute Gasteiger partial charge is 0.342 e. The Balaban J connectivity index is 1.69. The maximum atomic E-state index is 13.1. The lowest BCUT2D eigenvalue weighted by Crippen LogP contribution is -2.38. The van der Waals surface area contributed by atoms with Crippen LogP contribution in [0, 0.1) is 0 Å². The van der Waals surface area contributed by atoms with E-state index in [1.54, 1.807) is 29.8 Å². The molecule has 0 aliphatic carbocycles. The Labute approximate surface area is 181 Å². The number of carbonyl (C=O) groups excluding carboxylic acids is 2. The van der Waals surface area contributed by atoms with E-state index in [0.29, 0.717) is 30.1 Å². The van der Waals surface area contributed by atoms with Gasteiger partial charge in [0, 0.05) is 24.8 Å². The van der Waals surface area contributed by atoms with Gasteiger partial charge in [-0.05, 0) is 44.0 Å². The molecule has 31 heavy (non-hydrogen) atoms. The summed E-state index contributed by atoms with van der Waals surface area (Å²) < 4.78 is 12.7. The lowest BCUT2D eigenvalue weighted by Gasteiger charge is -2.20. The van der Waals surface area contributed by atoms with Gasteiger partial charge < -0.3 is 14.4 Å². The van der Waals surface area contributed by atoms with E-state index in [2.05, 4.69) is 5.10 Å². The van der Waals surface area contributed by atoms with Crippen molar-refractivity contribution in [2.75, 3.05) is 20.2 Å². The van der Waals surface area contributed by atoms with Crippen molar-refractivity contribution in [1.29, 1.82) is 0 Å². The Morgan fingerprint density at radius 3 is 2.39 bits per heavy atom. The van der Waals surface area contributed by atoms with E-state index < -0.39 is 12.1 Å². The third-order valence-electron chi connectivity index (χ3n) is 5.37. The second kappa shape index (κ2) is 9.04. The first-order chi connectivity index (χ1) is 15.1. The molecule has 7 heteroatoms. The molecule has 7 nitrogen and oxygen atoms in total.